The molecule has 3 nitrogen and oxygen atoms in total. The van der Waals surface area contributed by atoms with Crippen LogP contribution in [0.2, 0.25) is 0 Å². The monoisotopic (exact) mass is 265 g/mol. The average Bonchev–Trinajstić information content (AvgIpc) is 2.90. The second-order valence-corrected chi connectivity index (χ2v) is 7.08. The number of rotatable bonds is 5. The van der Waals surface area contributed by atoms with Gasteiger partial charge in [0.25, 0.3) is 0 Å². The lowest BCUT2D eigenvalue weighted by Crippen LogP contribution is -2.29. The topological polar surface area (TPSA) is 28.2 Å². The predicted molar refractivity (Wildman–Crippen MR) is 76.0 cm³/mol. The van der Waals surface area contributed by atoms with Crippen molar-refractivity contribution in [1.82, 2.24) is 15.2 Å². The van der Waals surface area contributed by atoms with Gasteiger partial charge in [0.15, 0.2) is 0 Å². The molecule has 1 aromatic rings. The summed E-state index contributed by atoms with van der Waals surface area (Å²) < 4.78 is 0. The molecule has 2 atom stereocenters. The molecule has 2 unspecified atom stereocenters. The zero-order valence-corrected chi connectivity index (χ0v) is 12.2. The summed E-state index contributed by atoms with van der Waals surface area (Å²) in [6, 6.07) is 1.34. The van der Waals surface area contributed by atoms with Crippen LogP contribution in [0.1, 0.15) is 42.1 Å². The van der Waals surface area contributed by atoms with E-state index in [4.69, 9.17) is 0 Å². The molecule has 100 valence electrons. The number of aryl methyl sites for hydroxylation is 1. The number of thiazole rings is 1. The van der Waals surface area contributed by atoms with E-state index in [1.54, 1.807) is 0 Å². The zero-order valence-electron chi connectivity index (χ0n) is 11.4. The molecule has 18 heavy (non-hydrogen) atoms. The van der Waals surface area contributed by atoms with Crippen LogP contribution in [0.15, 0.2) is 6.20 Å². The third-order valence-corrected chi connectivity index (χ3v) is 5.22. The molecular weight excluding hydrogens is 242 g/mol. The van der Waals surface area contributed by atoms with Crippen LogP contribution in [0.3, 0.4) is 0 Å². The van der Waals surface area contributed by atoms with Crippen LogP contribution < -0.4 is 5.32 Å². The highest BCUT2D eigenvalue weighted by atomic mass is 32.1. The molecule has 0 radical (unpaired) electrons. The fourth-order valence-corrected chi connectivity index (χ4v) is 3.58. The molecule has 0 bridgehead atoms. The second kappa shape index (κ2) is 5.27. The molecule has 1 saturated carbocycles. The van der Waals surface area contributed by atoms with Gasteiger partial charge in [0.05, 0.1) is 6.04 Å². The van der Waals surface area contributed by atoms with Crippen LogP contribution in [0, 0.1) is 12.8 Å². The molecule has 0 aromatic carbocycles. The van der Waals surface area contributed by atoms with Crippen LogP contribution in [0.5, 0.6) is 0 Å². The largest absolute Gasteiger partial charge is 0.314 e. The van der Waals surface area contributed by atoms with E-state index in [9.17, 15) is 0 Å². The van der Waals surface area contributed by atoms with E-state index in [1.807, 2.05) is 17.5 Å². The van der Waals surface area contributed by atoms with Crippen molar-refractivity contribution in [3.63, 3.8) is 0 Å². The van der Waals surface area contributed by atoms with Gasteiger partial charge in [-0.2, -0.15) is 0 Å². The normalized spacial score (nSPS) is 26.7. The maximum atomic E-state index is 4.53. The molecule has 1 N–H and O–H groups in total. The summed E-state index contributed by atoms with van der Waals surface area (Å²) in [7, 11) is 0. The van der Waals surface area contributed by atoms with Gasteiger partial charge in [-0.1, -0.05) is 0 Å². The maximum Gasteiger partial charge on any atom is 0.110 e. The lowest BCUT2D eigenvalue weighted by molar-refractivity contribution is 0.251. The first-order chi connectivity index (χ1) is 8.72. The Labute approximate surface area is 114 Å². The van der Waals surface area contributed by atoms with Crippen LogP contribution in [-0.4, -0.2) is 35.6 Å². The van der Waals surface area contributed by atoms with Crippen LogP contribution in [0.25, 0.3) is 0 Å². The van der Waals surface area contributed by atoms with Gasteiger partial charge < -0.3 is 5.32 Å². The van der Waals surface area contributed by atoms with Crippen molar-refractivity contribution in [1.29, 1.82) is 0 Å². The summed E-state index contributed by atoms with van der Waals surface area (Å²) in [5.41, 5.74) is 0. The van der Waals surface area contributed by atoms with E-state index < -0.39 is 0 Å². The smallest absolute Gasteiger partial charge is 0.110 e. The molecule has 1 aliphatic heterocycles. The third kappa shape index (κ3) is 2.92. The summed E-state index contributed by atoms with van der Waals surface area (Å²) in [6.07, 6.45) is 6.13. The Kier molecular flexibility index (Phi) is 3.68. The standard InChI is InChI=1S/C14H23N3S/c1-10-7-16-14(18-10)11(2)17-6-5-12(9-17)8-15-13-3-4-13/h7,11-13,15H,3-6,8-9H2,1-2H3. The van der Waals surface area contributed by atoms with Gasteiger partial charge in [0.2, 0.25) is 0 Å². The quantitative estimate of drug-likeness (QED) is 0.887. The minimum atomic E-state index is 0.495. The van der Waals surface area contributed by atoms with E-state index in [0.29, 0.717) is 6.04 Å². The Balaban J connectivity index is 1.51. The Hall–Kier alpha value is -0.450. The number of nitrogens with one attached hydrogen (secondary N) is 1. The molecule has 2 fully saturated rings. The lowest BCUT2D eigenvalue weighted by Gasteiger charge is -2.22. The van der Waals surface area contributed by atoms with Crippen molar-refractivity contribution >= 4 is 11.3 Å². The van der Waals surface area contributed by atoms with Crippen molar-refractivity contribution in [3.05, 3.63) is 16.1 Å². The molecule has 2 heterocycles. The second-order valence-electron chi connectivity index (χ2n) is 5.82. The molecule has 0 amide bonds. The number of aromatic nitrogens is 1. The maximum absolute atomic E-state index is 4.53. The van der Waals surface area contributed by atoms with Crippen LogP contribution in [-0.2, 0) is 0 Å². The lowest BCUT2D eigenvalue weighted by atomic mass is 10.1. The van der Waals surface area contributed by atoms with Gasteiger partial charge in [-0.15, -0.1) is 11.3 Å². The van der Waals surface area contributed by atoms with Gasteiger partial charge >= 0.3 is 0 Å². The van der Waals surface area contributed by atoms with Crippen molar-refractivity contribution in [2.24, 2.45) is 5.92 Å². The highest BCUT2D eigenvalue weighted by Crippen LogP contribution is 2.30. The van der Waals surface area contributed by atoms with Crippen molar-refractivity contribution in [2.75, 3.05) is 19.6 Å². The first-order valence-corrected chi connectivity index (χ1v) is 7.94. The summed E-state index contributed by atoms with van der Waals surface area (Å²) in [4.78, 5) is 8.45. The van der Waals surface area contributed by atoms with E-state index in [2.05, 4.69) is 29.0 Å². The summed E-state index contributed by atoms with van der Waals surface area (Å²) >= 11 is 1.84. The fourth-order valence-electron chi connectivity index (χ4n) is 2.72. The fraction of sp³-hybridized carbons (Fsp3) is 0.786. The van der Waals surface area contributed by atoms with Crippen molar-refractivity contribution in [3.8, 4) is 0 Å². The molecular formula is C14H23N3S. The highest BCUT2D eigenvalue weighted by molar-refractivity contribution is 7.11. The molecule has 1 aromatic heterocycles. The van der Waals surface area contributed by atoms with Gasteiger partial charge in [0, 0.05) is 23.7 Å². The molecule has 1 aliphatic carbocycles. The van der Waals surface area contributed by atoms with Crippen molar-refractivity contribution < 1.29 is 0 Å². The van der Waals surface area contributed by atoms with Gasteiger partial charge in [-0.3, -0.25) is 4.90 Å². The number of likely N-dealkylation sites (tertiary alicyclic amines) is 1. The highest BCUT2D eigenvalue weighted by Gasteiger charge is 2.29. The summed E-state index contributed by atoms with van der Waals surface area (Å²) in [6.45, 7) is 8.12. The van der Waals surface area contributed by atoms with E-state index in [-0.39, 0.29) is 0 Å². The number of hydrogen-bond donors (Lipinski definition) is 1. The molecule has 4 heteroatoms. The molecule has 2 aliphatic rings. The van der Waals surface area contributed by atoms with Gasteiger partial charge in [-0.25, -0.2) is 4.98 Å². The van der Waals surface area contributed by atoms with Crippen LogP contribution >= 0.6 is 11.3 Å². The SMILES string of the molecule is Cc1cnc(C(C)N2CCC(CNC3CC3)C2)s1. The molecule has 3 rings (SSSR count). The Morgan fingerprint density at radius 2 is 2.33 bits per heavy atom. The minimum Gasteiger partial charge on any atom is -0.314 e. The van der Waals surface area contributed by atoms with E-state index in [1.165, 1.54) is 48.8 Å². The third-order valence-electron chi connectivity index (χ3n) is 4.13. The zero-order chi connectivity index (χ0) is 12.5. The van der Waals surface area contributed by atoms with E-state index in [0.717, 1.165) is 12.0 Å². The number of hydrogen-bond acceptors (Lipinski definition) is 4. The predicted octanol–water partition coefficient (Wildman–Crippen LogP) is 2.59. The Morgan fingerprint density at radius 1 is 1.50 bits per heavy atom. The molecule has 0 spiro atoms. The van der Waals surface area contributed by atoms with E-state index >= 15 is 0 Å². The first kappa shape index (κ1) is 12.6. The van der Waals surface area contributed by atoms with Gasteiger partial charge in [-0.05, 0) is 52.1 Å². The first-order valence-electron chi connectivity index (χ1n) is 7.12. The average molecular weight is 265 g/mol. The Morgan fingerprint density at radius 3 is 3.00 bits per heavy atom. The summed E-state index contributed by atoms with van der Waals surface area (Å²) in [5.74, 6) is 0.842. The number of nitrogens with zero attached hydrogens (tertiary/aromatic N) is 2. The summed E-state index contributed by atoms with van der Waals surface area (Å²) in [5, 5.41) is 4.94. The molecule has 1 saturated heterocycles. The van der Waals surface area contributed by atoms with Crippen molar-refractivity contribution in [2.45, 2.75) is 45.2 Å². The minimum absolute atomic E-state index is 0.495. The Bertz CT molecular complexity index is 399. The van der Waals surface area contributed by atoms with Crippen LogP contribution in [0.4, 0.5) is 0 Å². The van der Waals surface area contributed by atoms with Gasteiger partial charge in [0.1, 0.15) is 5.01 Å².